The molecular weight excluding hydrogens is 234 g/mol. The van der Waals surface area contributed by atoms with Gasteiger partial charge in [0.15, 0.2) is 0 Å². The average molecular weight is 246 g/mol. The molecule has 1 amide bonds. The minimum Gasteiger partial charge on any atom is -0.448 e. The molecule has 0 spiro atoms. The topological polar surface area (TPSA) is 38.3 Å². The minimum atomic E-state index is -0.475. The van der Waals surface area contributed by atoms with Crippen LogP contribution in [0.4, 0.5) is 10.5 Å². The molecule has 0 aliphatic heterocycles. The number of thioether (sulfide) groups is 1. The van der Waals surface area contributed by atoms with Gasteiger partial charge in [-0.1, -0.05) is 12.1 Å². The second-order valence-electron chi connectivity index (χ2n) is 2.65. The lowest BCUT2D eigenvalue weighted by atomic mass is 10.3. The lowest BCUT2D eigenvalue weighted by Crippen LogP contribution is -2.15. The average Bonchev–Trinajstić information content (AvgIpc) is 2.27. The summed E-state index contributed by atoms with van der Waals surface area (Å²) in [6, 6.07) is 7.54. The number of alkyl halides is 1. The normalized spacial score (nSPS) is 9.73. The first-order valence-corrected chi connectivity index (χ1v) is 6.16. The molecule has 0 aliphatic carbocycles. The van der Waals surface area contributed by atoms with Crippen molar-refractivity contribution in [2.75, 3.05) is 24.1 Å². The fourth-order valence-corrected chi connectivity index (χ4v) is 1.66. The molecule has 15 heavy (non-hydrogen) atoms. The molecule has 0 atom stereocenters. The van der Waals surface area contributed by atoms with Crippen LogP contribution in [0.5, 0.6) is 0 Å². The van der Waals surface area contributed by atoms with Crippen LogP contribution in [0.3, 0.4) is 0 Å². The number of ether oxygens (including phenoxy) is 1. The van der Waals surface area contributed by atoms with Crippen molar-refractivity contribution >= 4 is 35.1 Å². The van der Waals surface area contributed by atoms with Crippen molar-refractivity contribution in [3.05, 3.63) is 24.3 Å². The predicted molar refractivity (Wildman–Crippen MR) is 63.9 cm³/mol. The van der Waals surface area contributed by atoms with Gasteiger partial charge in [0.2, 0.25) is 0 Å². The van der Waals surface area contributed by atoms with E-state index < -0.39 is 6.09 Å². The van der Waals surface area contributed by atoms with Gasteiger partial charge in [-0.25, -0.2) is 4.79 Å². The first-order valence-electron chi connectivity index (χ1n) is 4.40. The summed E-state index contributed by atoms with van der Waals surface area (Å²) in [4.78, 5) is 12.2. The number of carbonyl (C=O) groups is 1. The number of carbonyl (C=O) groups excluding carboxylic acids is 1. The summed E-state index contributed by atoms with van der Waals surface area (Å²) in [6.07, 6.45) is 1.47. The summed E-state index contributed by atoms with van der Waals surface area (Å²) in [5.41, 5.74) is 0.754. The van der Waals surface area contributed by atoms with Gasteiger partial charge in [0, 0.05) is 4.90 Å². The summed E-state index contributed by atoms with van der Waals surface area (Å²) in [5.74, 6) is 0.303. The lowest BCUT2D eigenvalue weighted by molar-refractivity contribution is 0.168. The van der Waals surface area contributed by atoms with Gasteiger partial charge >= 0.3 is 6.09 Å². The third-order valence-electron chi connectivity index (χ3n) is 1.65. The van der Waals surface area contributed by atoms with Crippen LogP contribution in [0.1, 0.15) is 0 Å². The van der Waals surface area contributed by atoms with Crippen LogP contribution < -0.4 is 5.32 Å². The Labute approximate surface area is 98.1 Å². The third kappa shape index (κ3) is 4.01. The summed E-state index contributed by atoms with van der Waals surface area (Å²) < 4.78 is 4.80. The molecule has 82 valence electrons. The van der Waals surface area contributed by atoms with E-state index in [1.54, 1.807) is 11.8 Å². The largest absolute Gasteiger partial charge is 0.448 e. The highest BCUT2D eigenvalue weighted by molar-refractivity contribution is 7.98. The number of amides is 1. The van der Waals surface area contributed by atoms with Crippen LogP contribution in [0, 0.1) is 0 Å². The van der Waals surface area contributed by atoms with E-state index in [0.717, 1.165) is 10.6 Å². The lowest BCUT2D eigenvalue weighted by Gasteiger charge is -2.08. The second-order valence-corrected chi connectivity index (χ2v) is 3.88. The number of nitrogens with one attached hydrogen (secondary N) is 1. The highest BCUT2D eigenvalue weighted by atomic mass is 35.5. The van der Waals surface area contributed by atoms with E-state index >= 15 is 0 Å². The number of para-hydroxylation sites is 1. The fourth-order valence-electron chi connectivity index (χ4n) is 1.03. The second kappa shape index (κ2) is 6.58. The highest BCUT2D eigenvalue weighted by Gasteiger charge is 2.05. The Balaban J connectivity index is 2.59. The molecule has 0 aliphatic rings. The number of halogens is 1. The maximum Gasteiger partial charge on any atom is 0.411 e. The van der Waals surface area contributed by atoms with Crippen molar-refractivity contribution < 1.29 is 9.53 Å². The number of hydrogen-bond acceptors (Lipinski definition) is 3. The van der Waals surface area contributed by atoms with Gasteiger partial charge in [-0.3, -0.25) is 5.32 Å². The molecule has 3 nitrogen and oxygen atoms in total. The van der Waals surface area contributed by atoms with E-state index in [9.17, 15) is 4.79 Å². The maximum absolute atomic E-state index is 11.2. The summed E-state index contributed by atoms with van der Waals surface area (Å²) >= 11 is 6.96. The van der Waals surface area contributed by atoms with Crippen molar-refractivity contribution in [1.82, 2.24) is 0 Å². The van der Waals surface area contributed by atoms with Crippen molar-refractivity contribution in [1.29, 1.82) is 0 Å². The van der Waals surface area contributed by atoms with Gasteiger partial charge in [0.1, 0.15) is 6.61 Å². The summed E-state index contributed by atoms with van der Waals surface area (Å²) in [6.45, 7) is 0.217. The van der Waals surface area contributed by atoms with Crippen LogP contribution in [-0.4, -0.2) is 24.8 Å². The maximum atomic E-state index is 11.2. The zero-order valence-electron chi connectivity index (χ0n) is 8.33. The molecule has 1 rings (SSSR count). The first-order chi connectivity index (χ1) is 7.27. The molecule has 0 radical (unpaired) electrons. The number of hydrogen-bond donors (Lipinski definition) is 1. The Hall–Kier alpha value is -0.870. The van der Waals surface area contributed by atoms with Gasteiger partial charge < -0.3 is 4.74 Å². The highest BCUT2D eigenvalue weighted by Crippen LogP contribution is 2.24. The van der Waals surface area contributed by atoms with Crippen molar-refractivity contribution in [2.45, 2.75) is 4.90 Å². The van der Waals surface area contributed by atoms with E-state index in [0.29, 0.717) is 5.88 Å². The van der Waals surface area contributed by atoms with E-state index in [1.807, 2.05) is 30.5 Å². The molecule has 0 aromatic heterocycles. The van der Waals surface area contributed by atoms with Gasteiger partial charge in [0.25, 0.3) is 0 Å². The van der Waals surface area contributed by atoms with E-state index in [-0.39, 0.29) is 6.61 Å². The Kier molecular flexibility index (Phi) is 5.36. The molecule has 0 saturated carbocycles. The van der Waals surface area contributed by atoms with E-state index in [2.05, 4.69) is 5.32 Å². The minimum absolute atomic E-state index is 0.217. The Morgan fingerprint density at radius 2 is 2.27 bits per heavy atom. The standard InChI is InChI=1S/C10H12ClNO2S/c1-15-9-5-3-2-4-8(9)12-10(13)14-7-6-11/h2-5H,6-7H2,1H3,(H,12,13). The molecule has 0 heterocycles. The van der Waals surface area contributed by atoms with Crippen molar-refractivity contribution in [3.63, 3.8) is 0 Å². The molecule has 1 N–H and O–H groups in total. The molecule has 0 saturated heterocycles. The quantitative estimate of drug-likeness (QED) is 0.654. The molecule has 0 unspecified atom stereocenters. The molecule has 5 heteroatoms. The SMILES string of the molecule is CSc1ccccc1NC(=O)OCCCl. The van der Waals surface area contributed by atoms with Gasteiger partial charge in [-0.05, 0) is 18.4 Å². The zero-order valence-corrected chi connectivity index (χ0v) is 9.90. The van der Waals surface area contributed by atoms with Gasteiger partial charge in [-0.15, -0.1) is 23.4 Å². The molecule has 0 fully saturated rings. The summed E-state index contributed by atoms with van der Waals surface area (Å²) in [5, 5.41) is 2.66. The smallest absolute Gasteiger partial charge is 0.411 e. The van der Waals surface area contributed by atoms with Crippen molar-refractivity contribution in [3.8, 4) is 0 Å². The number of rotatable bonds is 4. The third-order valence-corrected chi connectivity index (χ3v) is 2.60. The van der Waals surface area contributed by atoms with Crippen LogP contribution in [0.25, 0.3) is 0 Å². The fraction of sp³-hybridized carbons (Fsp3) is 0.300. The van der Waals surface area contributed by atoms with Gasteiger partial charge in [0.05, 0.1) is 11.6 Å². The Morgan fingerprint density at radius 1 is 1.53 bits per heavy atom. The van der Waals surface area contributed by atoms with Crippen LogP contribution in [0.15, 0.2) is 29.2 Å². The zero-order chi connectivity index (χ0) is 11.1. The monoisotopic (exact) mass is 245 g/mol. The first kappa shape index (κ1) is 12.2. The molecule has 0 bridgehead atoms. The molecule has 1 aromatic carbocycles. The molecular formula is C10H12ClNO2S. The van der Waals surface area contributed by atoms with E-state index in [1.165, 1.54) is 0 Å². The predicted octanol–water partition coefficient (Wildman–Crippen LogP) is 3.20. The van der Waals surface area contributed by atoms with Crippen LogP contribution in [-0.2, 0) is 4.74 Å². The van der Waals surface area contributed by atoms with Crippen LogP contribution in [0.2, 0.25) is 0 Å². The van der Waals surface area contributed by atoms with Gasteiger partial charge in [-0.2, -0.15) is 0 Å². The van der Waals surface area contributed by atoms with Crippen molar-refractivity contribution in [2.24, 2.45) is 0 Å². The van der Waals surface area contributed by atoms with E-state index in [4.69, 9.17) is 16.3 Å². The Morgan fingerprint density at radius 3 is 2.93 bits per heavy atom. The number of anilines is 1. The van der Waals surface area contributed by atoms with Crippen LogP contribution >= 0.6 is 23.4 Å². The molecule has 1 aromatic rings. The number of benzene rings is 1. The summed E-state index contributed by atoms with van der Waals surface area (Å²) in [7, 11) is 0. The Bertz CT molecular complexity index is 333.